The summed E-state index contributed by atoms with van der Waals surface area (Å²) in [5, 5.41) is 0. The number of thiophene rings is 1. The molecule has 1 aliphatic carbocycles. The van der Waals surface area contributed by atoms with Crippen molar-refractivity contribution in [2.75, 3.05) is 0 Å². The van der Waals surface area contributed by atoms with Gasteiger partial charge in [-0.1, -0.05) is 0 Å². The zero-order valence-electron chi connectivity index (χ0n) is 16.1. The highest BCUT2D eigenvalue weighted by atomic mass is 32.1. The van der Waals surface area contributed by atoms with E-state index in [9.17, 15) is 9.59 Å². The molecule has 0 aromatic carbocycles. The average molecular weight is 394 g/mol. The largest absolute Gasteiger partial charge is 0.329 e. The summed E-state index contributed by atoms with van der Waals surface area (Å²) in [7, 11) is 0. The molecule has 0 N–H and O–H groups in total. The van der Waals surface area contributed by atoms with Crippen LogP contribution in [-0.4, -0.2) is 20.4 Å². The van der Waals surface area contributed by atoms with Crippen LogP contribution in [0.4, 0.5) is 0 Å². The third-order valence-corrected chi connectivity index (χ3v) is 6.02. The molecule has 0 unspecified atom stereocenters. The Morgan fingerprint density at radius 1 is 1.14 bits per heavy atom. The molecule has 1 aliphatic rings. The predicted molar refractivity (Wildman–Crippen MR) is 111 cm³/mol. The molecule has 0 atom stereocenters. The molecule has 1 fully saturated rings. The van der Waals surface area contributed by atoms with Gasteiger partial charge >= 0.3 is 0 Å². The summed E-state index contributed by atoms with van der Waals surface area (Å²) in [6.45, 7) is 4.82. The highest BCUT2D eigenvalue weighted by Gasteiger charge is 2.28. The second-order valence-corrected chi connectivity index (χ2v) is 8.72. The molecule has 6 heteroatoms. The SMILES string of the molecule is Cc1ccc(CN(Cc2ccncc2)C(=O)c2c(C)ccn(C3CC3)c2=O)s1. The molecule has 1 amide bonds. The van der Waals surface area contributed by atoms with Gasteiger partial charge in [-0.2, -0.15) is 0 Å². The molecule has 0 bridgehead atoms. The van der Waals surface area contributed by atoms with Gasteiger partial charge in [-0.25, -0.2) is 0 Å². The van der Waals surface area contributed by atoms with Crippen LogP contribution in [0.15, 0.2) is 53.7 Å². The third-order valence-electron chi connectivity index (χ3n) is 5.03. The molecule has 28 heavy (non-hydrogen) atoms. The normalized spacial score (nSPS) is 13.5. The van der Waals surface area contributed by atoms with Crippen LogP contribution in [0.5, 0.6) is 0 Å². The fraction of sp³-hybridized carbons (Fsp3) is 0.318. The van der Waals surface area contributed by atoms with E-state index >= 15 is 0 Å². The van der Waals surface area contributed by atoms with E-state index in [0.29, 0.717) is 13.1 Å². The molecule has 1 saturated carbocycles. The summed E-state index contributed by atoms with van der Waals surface area (Å²) in [6, 6.07) is 10.0. The summed E-state index contributed by atoms with van der Waals surface area (Å²) < 4.78 is 1.72. The Balaban J connectivity index is 1.70. The summed E-state index contributed by atoms with van der Waals surface area (Å²) in [5.41, 5.74) is 1.84. The Morgan fingerprint density at radius 3 is 2.54 bits per heavy atom. The van der Waals surface area contributed by atoms with E-state index in [1.54, 1.807) is 33.2 Å². The zero-order valence-corrected chi connectivity index (χ0v) is 16.9. The monoisotopic (exact) mass is 393 g/mol. The smallest absolute Gasteiger partial charge is 0.263 e. The molecule has 0 spiro atoms. The van der Waals surface area contributed by atoms with Crippen LogP contribution in [0, 0.1) is 13.8 Å². The van der Waals surface area contributed by atoms with Crippen LogP contribution in [-0.2, 0) is 13.1 Å². The van der Waals surface area contributed by atoms with Gasteiger partial charge < -0.3 is 9.47 Å². The van der Waals surface area contributed by atoms with Crippen LogP contribution in [0.1, 0.15) is 50.1 Å². The number of aromatic nitrogens is 2. The van der Waals surface area contributed by atoms with Gasteiger partial charge in [-0.15, -0.1) is 11.3 Å². The quantitative estimate of drug-likeness (QED) is 0.634. The van der Waals surface area contributed by atoms with E-state index in [-0.39, 0.29) is 23.1 Å². The number of rotatable bonds is 6. The second-order valence-electron chi connectivity index (χ2n) is 7.35. The molecule has 3 aromatic heterocycles. The molecular weight excluding hydrogens is 370 g/mol. The Bertz CT molecular complexity index is 1050. The molecule has 5 nitrogen and oxygen atoms in total. The minimum Gasteiger partial charge on any atom is -0.329 e. The average Bonchev–Trinajstić information content (AvgIpc) is 3.44. The highest BCUT2D eigenvalue weighted by molar-refractivity contribution is 7.11. The van der Waals surface area contributed by atoms with E-state index in [2.05, 4.69) is 18.0 Å². The predicted octanol–water partition coefficient (Wildman–Crippen LogP) is 4.10. The van der Waals surface area contributed by atoms with Gasteiger partial charge in [-0.05, 0) is 68.1 Å². The molecule has 144 valence electrons. The lowest BCUT2D eigenvalue weighted by atomic mass is 10.1. The minimum atomic E-state index is -0.208. The molecule has 0 aliphatic heterocycles. The number of amides is 1. The number of carbonyl (C=O) groups excluding carboxylic acids is 1. The summed E-state index contributed by atoms with van der Waals surface area (Å²) in [4.78, 5) is 34.7. The lowest BCUT2D eigenvalue weighted by Gasteiger charge is -2.23. The molecule has 3 aromatic rings. The Hall–Kier alpha value is -2.73. The van der Waals surface area contributed by atoms with E-state index in [4.69, 9.17) is 0 Å². The van der Waals surface area contributed by atoms with Gasteiger partial charge in [-0.3, -0.25) is 14.6 Å². The van der Waals surface area contributed by atoms with Gasteiger partial charge in [0.15, 0.2) is 0 Å². The van der Waals surface area contributed by atoms with Crippen molar-refractivity contribution in [3.05, 3.63) is 85.7 Å². The van der Waals surface area contributed by atoms with Gasteiger partial charge in [0, 0.05) is 40.9 Å². The van der Waals surface area contributed by atoms with Crippen LogP contribution in [0.3, 0.4) is 0 Å². The van der Waals surface area contributed by atoms with Gasteiger partial charge in [0.05, 0.1) is 6.54 Å². The fourth-order valence-corrected chi connectivity index (χ4v) is 4.27. The molecule has 3 heterocycles. The van der Waals surface area contributed by atoms with Crippen molar-refractivity contribution < 1.29 is 4.79 Å². The summed E-state index contributed by atoms with van der Waals surface area (Å²) >= 11 is 1.68. The van der Waals surface area contributed by atoms with Gasteiger partial charge in [0.2, 0.25) is 0 Å². The second kappa shape index (κ2) is 7.72. The van der Waals surface area contributed by atoms with Crippen LogP contribution in [0.25, 0.3) is 0 Å². The minimum absolute atomic E-state index is 0.172. The lowest BCUT2D eigenvalue weighted by Crippen LogP contribution is -2.36. The number of pyridine rings is 2. The number of hydrogen-bond donors (Lipinski definition) is 0. The first-order chi connectivity index (χ1) is 13.5. The maximum absolute atomic E-state index is 13.5. The number of carbonyl (C=O) groups is 1. The van der Waals surface area contributed by atoms with Gasteiger partial charge in [0.25, 0.3) is 11.5 Å². The number of hydrogen-bond acceptors (Lipinski definition) is 4. The maximum Gasteiger partial charge on any atom is 0.263 e. The Kier molecular flexibility index (Phi) is 5.13. The first-order valence-corrected chi connectivity index (χ1v) is 10.3. The summed E-state index contributed by atoms with van der Waals surface area (Å²) in [6.07, 6.45) is 7.28. The van der Waals surface area contributed by atoms with Crippen molar-refractivity contribution in [3.63, 3.8) is 0 Å². The number of nitrogens with zero attached hydrogens (tertiary/aromatic N) is 3. The Morgan fingerprint density at radius 2 is 1.89 bits per heavy atom. The Labute approximate surface area is 168 Å². The van der Waals surface area contributed by atoms with Crippen molar-refractivity contribution in [2.45, 2.75) is 45.8 Å². The van der Waals surface area contributed by atoms with Crippen molar-refractivity contribution in [1.82, 2.24) is 14.5 Å². The highest BCUT2D eigenvalue weighted by Crippen LogP contribution is 2.33. The molecule has 0 saturated heterocycles. The van der Waals surface area contributed by atoms with Crippen LogP contribution < -0.4 is 5.56 Å². The van der Waals surface area contributed by atoms with Gasteiger partial charge in [0.1, 0.15) is 5.56 Å². The van der Waals surface area contributed by atoms with E-state index in [1.165, 1.54) is 4.88 Å². The van der Waals surface area contributed by atoms with E-state index in [0.717, 1.165) is 28.8 Å². The third kappa shape index (κ3) is 3.92. The van der Waals surface area contributed by atoms with Crippen molar-refractivity contribution in [1.29, 1.82) is 0 Å². The van der Waals surface area contributed by atoms with Crippen molar-refractivity contribution >= 4 is 17.2 Å². The molecule has 0 radical (unpaired) electrons. The maximum atomic E-state index is 13.5. The first kappa shape index (κ1) is 18.6. The first-order valence-electron chi connectivity index (χ1n) is 9.48. The topological polar surface area (TPSA) is 55.2 Å². The number of aryl methyl sites for hydroxylation is 2. The summed E-state index contributed by atoms with van der Waals surface area (Å²) in [5.74, 6) is -0.208. The fourth-order valence-electron chi connectivity index (χ4n) is 3.37. The van der Waals surface area contributed by atoms with Crippen molar-refractivity contribution in [3.8, 4) is 0 Å². The van der Waals surface area contributed by atoms with E-state index in [1.807, 2.05) is 37.4 Å². The standard InChI is InChI=1S/C22H23N3O2S/c1-15-9-12-25(18-4-5-18)22(27)20(15)21(26)24(13-17-7-10-23-11-8-17)14-19-6-3-16(2)28-19/h3,6-12,18H,4-5,13-14H2,1-2H3. The van der Waals surface area contributed by atoms with Crippen LogP contribution >= 0.6 is 11.3 Å². The van der Waals surface area contributed by atoms with E-state index < -0.39 is 0 Å². The van der Waals surface area contributed by atoms with Crippen molar-refractivity contribution in [2.24, 2.45) is 0 Å². The lowest BCUT2D eigenvalue weighted by molar-refractivity contribution is 0.0728. The molecule has 4 rings (SSSR count). The van der Waals surface area contributed by atoms with Crippen LogP contribution in [0.2, 0.25) is 0 Å². The molecular formula is C22H23N3O2S. The zero-order chi connectivity index (χ0) is 19.7.